The summed E-state index contributed by atoms with van der Waals surface area (Å²) in [6, 6.07) is 15.3. The quantitative estimate of drug-likeness (QED) is 0.244. The average molecular weight is 574 g/mol. The van der Waals surface area contributed by atoms with Crippen molar-refractivity contribution in [2.45, 2.75) is 52.6 Å². The molecule has 1 saturated heterocycles. The van der Waals surface area contributed by atoms with Gasteiger partial charge in [-0.05, 0) is 43.4 Å². The first kappa shape index (κ1) is 30.4. The number of aliphatic carboxylic acids is 1. The molecule has 0 aliphatic carbocycles. The van der Waals surface area contributed by atoms with Gasteiger partial charge in [0.25, 0.3) is 0 Å². The Hall–Kier alpha value is -4.54. The molecule has 1 unspecified atom stereocenters. The lowest BCUT2D eigenvalue weighted by atomic mass is 9.93. The van der Waals surface area contributed by atoms with Crippen LogP contribution >= 0.6 is 0 Å². The number of hydrogen-bond donors (Lipinski definition) is 3. The number of aliphatic imine (C=N–C) groups is 1. The van der Waals surface area contributed by atoms with Gasteiger partial charge in [0.15, 0.2) is 5.71 Å². The third-order valence-corrected chi connectivity index (χ3v) is 7.47. The maximum atomic E-state index is 12.1. The predicted octanol–water partition coefficient (Wildman–Crippen LogP) is 5.30. The van der Waals surface area contributed by atoms with Crippen LogP contribution in [0.3, 0.4) is 0 Å². The summed E-state index contributed by atoms with van der Waals surface area (Å²) < 4.78 is 5.10. The Balaban J connectivity index is 1.34. The second kappa shape index (κ2) is 14.9. The molecule has 1 aliphatic rings. The molecule has 1 fully saturated rings. The zero-order chi connectivity index (χ0) is 29.9. The Morgan fingerprint density at radius 3 is 2.57 bits per heavy atom. The fourth-order valence-electron chi connectivity index (χ4n) is 4.72. The van der Waals surface area contributed by atoms with Crippen LogP contribution in [0.15, 0.2) is 59.9 Å². The number of anilines is 3. The molecule has 1 atom stereocenters. The number of carboxylic acids is 1. The van der Waals surface area contributed by atoms with Crippen molar-refractivity contribution in [3.63, 3.8) is 0 Å². The highest BCUT2D eigenvalue weighted by Gasteiger charge is 2.25. The molecule has 0 radical (unpaired) electrons. The Morgan fingerprint density at radius 1 is 1.10 bits per heavy atom. The summed E-state index contributed by atoms with van der Waals surface area (Å²) in [6.45, 7) is 8.64. The minimum Gasteiger partial charge on any atom is -0.477 e. The Morgan fingerprint density at radius 2 is 1.86 bits per heavy atom. The second-order valence-electron chi connectivity index (χ2n) is 10.5. The summed E-state index contributed by atoms with van der Waals surface area (Å²) in [7, 11) is 0. The standard InChI is InChI=1S/C31H39N7O4/c1-4-21(2)17-32-27-12-8-11-25(36-27)24-13-15-38(16-14-24)29-22(3)28(34-20-35-29)33-18-26(30(39)40)37-31(41)42-19-23-9-6-5-7-10-23/h5-12,20-21,24H,4,13-19H2,1-3H3,(H,32,36)(H,39,40)(H,33,34,35)/b37-26+. The topological polar surface area (TPSA) is 142 Å². The van der Waals surface area contributed by atoms with E-state index < -0.39 is 12.1 Å². The Labute approximate surface area is 246 Å². The van der Waals surface area contributed by atoms with Crippen molar-refractivity contribution < 1.29 is 19.4 Å². The molecular formula is C31H39N7O4. The van der Waals surface area contributed by atoms with Gasteiger partial charge in [0.05, 0.1) is 6.54 Å². The molecule has 3 aromatic rings. The number of benzene rings is 1. The van der Waals surface area contributed by atoms with Crippen LogP contribution in [0.4, 0.5) is 22.2 Å². The molecule has 222 valence electrons. The molecule has 0 spiro atoms. The number of nitrogens with one attached hydrogen (secondary N) is 2. The van der Waals surface area contributed by atoms with Gasteiger partial charge in [-0.3, -0.25) is 0 Å². The highest BCUT2D eigenvalue weighted by atomic mass is 16.5. The molecule has 1 aliphatic heterocycles. The summed E-state index contributed by atoms with van der Waals surface area (Å²) in [5.74, 6) is 1.84. The average Bonchev–Trinajstić information content (AvgIpc) is 3.02. The summed E-state index contributed by atoms with van der Waals surface area (Å²) in [5.41, 5.74) is 2.31. The molecule has 42 heavy (non-hydrogen) atoms. The first-order chi connectivity index (χ1) is 20.3. The maximum absolute atomic E-state index is 12.1. The molecule has 0 saturated carbocycles. The van der Waals surface area contributed by atoms with Crippen molar-refractivity contribution in [1.82, 2.24) is 15.0 Å². The van der Waals surface area contributed by atoms with E-state index in [1.54, 1.807) is 12.1 Å². The number of pyridine rings is 1. The van der Waals surface area contributed by atoms with E-state index in [9.17, 15) is 14.7 Å². The lowest BCUT2D eigenvalue weighted by Crippen LogP contribution is -2.34. The normalized spacial score (nSPS) is 14.7. The van der Waals surface area contributed by atoms with Gasteiger partial charge in [0.2, 0.25) is 0 Å². The number of nitrogens with zero attached hydrogens (tertiary/aromatic N) is 5. The van der Waals surface area contributed by atoms with Gasteiger partial charge in [0, 0.05) is 36.8 Å². The fraction of sp³-hybridized carbons (Fsp3) is 0.419. The minimum atomic E-state index is -1.32. The molecule has 3 heterocycles. The number of carboxylic acid groups (broad SMARTS) is 1. The van der Waals surface area contributed by atoms with Gasteiger partial charge >= 0.3 is 12.1 Å². The summed E-state index contributed by atoms with van der Waals surface area (Å²) in [5, 5.41) is 16.0. The first-order valence-corrected chi connectivity index (χ1v) is 14.4. The molecule has 3 N–H and O–H groups in total. The van der Waals surface area contributed by atoms with Gasteiger partial charge in [-0.1, -0.05) is 56.7 Å². The van der Waals surface area contributed by atoms with E-state index >= 15 is 0 Å². The van der Waals surface area contributed by atoms with Crippen molar-refractivity contribution in [1.29, 1.82) is 0 Å². The van der Waals surface area contributed by atoms with Crippen LogP contribution in [0.5, 0.6) is 0 Å². The fourth-order valence-corrected chi connectivity index (χ4v) is 4.72. The lowest BCUT2D eigenvalue weighted by molar-refractivity contribution is -0.129. The largest absolute Gasteiger partial charge is 0.477 e. The SMILES string of the molecule is CCC(C)CNc1cccc(C2CCN(c3ncnc(NC/C(=N\C(=O)OCc4ccccc4)C(=O)O)c3C)CC2)n1. The zero-order valence-electron chi connectivity index (χ0n) is 24.4. The highest BCUT2D eigenvalue weighted by molar-refractivity contribution is 6.38. The van der Waals surface area contributed by atoms with E-state index in [0.717, 1.165) is 67.4 Å². The minimum absolute atomic E-state index is 0.00515. The molecule has 11 heteroatoms. The molecule has 0 bridgehead atoms. The van der Waals surface area contributed by atoms with Crippen LogP contribution in [-0.2, 0) is 16.1 Å². The summed E-state index contributed by atoms with van der Waals surface area (Å²) in [6.07, 6.45) is 3.50. The number of carbonyl (C=O) groups is 2. The van der Waals surface area contributed by atoms with Gasteiger partial charge < -0.3 is 25.4 Å². The number of piperidine rings is 1. The molecular weight excluding hydrogens is 534 g/mol. The first-order valence-electron chi connectivity index (χ1n) is 14.4. The van der Waals surface area contributed by atoms with Crippen molar-refractivity contribution >= 4 is 35.2 Å². The van der Waals surface area contributed by atoms with Gasteiger partial charge in [-0.25, -0.2) is 24.5 Å². The second-order valence-corrected chi connectivity index (χ2v) is 10.5. The van der Waals surface area contributed by atoms with Gasteiger partial charge in [-0.15, -0.1) is 0 Å². The van der Waals surface area contributed by atoms with E-state index in [4.69, 9.17) is 9.72 Å². The van der Waals surface area contributed by atoms with Crippen molar-refractivity contribution in [3.05, 3.63) is 71.7 Å². The van der Waals surface area contributed by atoms with Gasteiger partial charge in [0.1, 0.15) is 30.4 Å². The van der Waals surface area contributed by atoms with Gasteiger partial charge in [-0.2, -0.15) is 4.99 Å². The highest BCUT2D eigenvalue weighted by Crippen LogP contribution is 2.31. The maximum Gasteiger partial charge on any atom is 0.434 e. The van der Waals surface area contributed by atoms with E-state index in [2.05, 4.69) is 56.5 Å². The lowest BCUT2D eigenvalue weighted by Gasteiger charge is -2.33. The number of amides is 1. The van der Waals surface area contributed by atoms with E-state index in [-0.39, 0.29) is 18.9 Å². The van der Waals surface area contributed by atoms with Crippen LogP contribution in [-0.4, -0.2) is 64.0 Å². The van der Waals surface area contributed by atoms with Crippen molar-refractivity contribution in [2.24, 2.45) is 10.9 Å². The van der Waals surface area contributed by atoms with Crippen LogP contribution in [0, 0.1) is 12.8 Å². The van der Waals surface area contributed by atoms with Crippen molar-refractivity contribution in [2.75, 3.05) is 41.7 Å². The summed E-state index contributed by atoms with van der Waals surface area (Å²) in [4.78, 5) is 43.5. The smallest absolute Gasteiger partial charge is 0.434 e. The predicted molar refractivity (Wildman–Crippen MR) is 163 cm³/mol. The monoisotopic (exact) mass is 573 g/mol. The summed E-state index contributed by atoms with van der Waals surface area (Å²) >= 11 is 0. The molecule has 2 aromatic heterocycles. The third-order valence-electron chi connectivity index (χ3n) is 7.47. The Kier molecular flexibility index (Phi) is 10.8. The number of hydrogen-bond acceptors (Lipinski definition) is 9. The van der Waals surface area contributed by atoms with Crippen LogP contribution < -0.4 is 15.5 Å². The zero-order valence-corrected chi connectivity index (χ0v) is 24.4. The third kappa shape index (κ3) is 8.48. The molecule has 11 nitrogen and oxygen atoms in total. The number of aromatic nitrogens is 3. The van der Waals surface area contributed by atoms with E-state index in [1.165, 1.54) is 6.33 Å². The molecule has 1 amide bonds. The van der Waals surface area contributed by atoms with Crippen LogP contribution in [0.25, 0.3) is 0 Å². The van der Waals surface area contributed by atoms with Crippen LogP contribution in [0.2, 0.25) is 0 Å². The number of ether oxygens (including phenoxy) is 1. The Bertz CT molecular complexity index is 1370. The molecule has 4 rings (SSSR count). The number of rotatable bonds is 12. The van der Waals surface area contributed by atoms with E-state index in [0.29, 0.717) is 17.7 Å². The van der Waals surface area contributed by atoms with E-state index in [1.807, 2.05) is 31.2 Å². The van der Waals surface area contributed by atoms with Crippen molar-refractivity contribution in [3.8, 4) is 0 Å². The number of carbonyl (C=O) groups excluding carboxylic acids is 1. The van der Waals surface area contributed by atoms with Crippen LogP contribution in [0.1, 0.15) is 55.8 Å². The molecule has 1 aromatic carbocycles.